The first-order valence-corrected chi connectivity index (χ1v) is 5.94. The number of hydrogen-bond donors (Lipinski definition) is 4. The summed E-state index contributed by atoms with van der Waals surface area (Å²) in [6.45, 7) is 0. The maximum atomic E-state index is 12.3. The van der Waals surface area contributed by atoms with Crippen LogP contribution >= 0.6 is 0 Å². The van der Waals surface area contributed by atoms with Gasteiger partial charge in [-0.05, 0) is 5.39 Å². The third-order valence-corrected chi connectivity index (χ3v) is 2.93. The van der Waals surface area contributed by atoms with Gasteiger partial charge in [0.15, 0.2) is 0 Å². The molecular formula is C13H12N6O. The first-order chi connectivity index (χ1) is 9.79. The number of nitrogen functional groups attached to an aromatic ring is 1. The van der Waals surface area contributed by atoms with Gasteiger partial charge in [0, 0.05) is 17.8 Å². The lowest BCUT2D eigenvalue weighted by Crippen LogP contribution is -2.14. The quantitative estimate of drug-likeness (QED) is 0.425. The summed E-state index contributed by atoms with van der Waals surface area (Å²) >= 11 is 0. The molecule has 0 radical (unpaired) electrons. The average Bonchev–Trinajstić information content (AvgIpc) is 2.99. The van der Waals surface area contributed by atoms with Crippen molar-refractivity contribution in [2.45, 2.75) is 0 Å². The topological polar surface area (TPSA) is 109 Å². The number of hydrogen-bond acceptors (Lipinski definition) is 5. The van der Waals surface area contributed by atoms with Crippen molar-refractivity contribution in [2.75, 3.05) is 10.7 Å². The van der Waals surface area contributed by atoms with Gasteiger partial charge in [0.1, 0.15) is 5.82 Å². The molecule has 0 aliphatic carbocycles. The van der Waals surface area contributed by atoms with E-state index >= 15 is 0 Å². The van der Waals surface area contributed by atoms with Crippen molar-refractivity contribution >= 4 is 28.2 Å². The van der Waals surface area contributed by atoms with Crippen LogP contribution in [0.4, 0.5) is 11.5 Å². The second-order valence-corrected chi connectivity index (χ2v) is 4.15. The summed E-state index contributed by atoms with van der Waals surface area (Å²) in [5.74, 6) is 5.70. The highest BCUT2D eigenvalue weighted by molar-refractivity contribution is 6.14. The molecule has 20 heavy (non-hydrogen) atoms. The van der Waals surface area contributed by atoms with Crippen LogP contribution in [0.5, 0.6) is 0 Å². The Kier molecular flexibility index (Phi) is 3.02. The maximum Gasteiger partial charge on any atom is 0.257 e. The Morgan fingerprint density at radius 1 is 1.20 bits per heavy atom. The molecule has 100 valence electrons. The van der Waals surface area contributed by atoms with Gasteiger partial charge in [0.25, 0.3) is 5.91 Å². The van der Waals surface area contributed by atoms with Gasteiger partial charge in [-0.15, -0.1) is 0 Å². The molecule has 0 unspecified atom stereocenters. The summed E-state index contributed by atoms with van der Waals surface area (Å²) in [6, 6.07) is 7.42. The highest BCUT2D eigenvalue weighted by Crippen LogP contribution is 2.24. The van der Waals surface area contributed by atoms with Crippen LogP contribution in [0, 0.1) is 0 Å². The summed E-state index contributed by atoms with van der Waals surface area (Å²) < 4.78 is 0. The van der Waals surface area contributed by atoms with E-state index in [1.54, 1.807) is 6.20 Å². The van der Waals surface area contributed by atoms with Crippen molar-refractivity contribution in [2.24, 2.45) is 5.84 Å². The van der Waals surface area contributed by atoms with Gasteiger partial charge >= 0.3 is 0 Å². The number of amides is 1. The van der Waals surface area contributed by atoms with Crippen molar-refractivity contribution in [3.8, 4) is 0 Å². The van der Waals surface area contributed by atoms with Crippen LogP contribution < -0.4 is 16.6 Å². The first-order valence-electron chi connectivity index (χ1n) is 5.94. The number of pyridine rings is 1. The molecule has 0 fully saturated rings. The van der Waals surface area contributed by atoms with Gasteiger partial charge in [-0.2, -0.15) is 5.10 Å². The molecule has 0 saturated carbocycles. The van der Waals surface area contributed by atoms with Crippen LogP contribution in [0.1, 0.15) is 10.4 Å². The van der Waals surface area contributed by atoms with E-state index < -0.39 is 0 Å². The second-order valence-electron chi connectivity index (χ2n) is 4.15. The van der Waals surface area contributed by atoms with E-state index in [0.29, 0.717) is 17.1 Å². The van der Waals surface area contributed by atoms with Crippen molar-refractivity contribution in [3.63, 3.8) is 0 Å². The summed E-state index contributed by atoms with van der Waals surface area (Å²) in [5, 5.41) is 10.7. The van der Waals surface area contributed by atoms with Crippen LogP contribution in [0.15, 0.2) is 42.9 Å². The van der Waals surface area contributed by atoms with Crippen LogP contribution in [0.25, 0.3) is 10.8 Å². The lowest BCUT2D eigenvalue weighted by atomic mass is 10.1. The molecule has 7 nitrogen and oxygen atoms in total. The van der Waals surface area contributed by atoms with E-state index in [1.165, 1.54) is 12.4 Å². The summed E-state index contributed by atoms with van der Waals surface area (Å²) in [6.07, 6.45) is 4.62. The number of hydrazine groups is 1. The molecule has 0 aliphatic rings. The van der Waals surface area contributed by atoms with Crippen LogP contribution in [-0.4, -0.2) is 21.1 Å². The van der Waals surface area contributed by atoms with Gasteiger partial charge in [-0.1, -0.05) is 24.3 Å². The van der Waals surface area contributed by atoms with E-state index in [4.69, 9.17) is 5.84 Å². The minimum Gasteiger partial charge on any atom is -0.319 e. The fourth-order valence-electron chi connectivity index (χ4n) is 2.01. The highest BCUT2D eigenvalue weighted by Gasteiger charge is 2.13. The van der Waals surface area contributed by atoms with Crippen molar-refractivity contribution in [1.82, 2.24) is 15.2 Å². The highest BCUT2D eigenvalue weighted by atomic mass is 16.1. The largest absolute Gasteiger partial charge is 0.319 e. The zero-order valence-electron chi connectivity index (χ0n) is 10.4. The van der Waals surface area contributed by atoms with E-state index in [0.717, 1.165) is 10.8 Å². The van der Waals surface area contributed by atoms with Gasteiger partial charge in [-0.3, -0.25) is 9.89 Å². The van der Waals surface area contributed by atoms with Crippen molar-refractivity contribution in [1.29, 1.82) is 0 Å². The number of carbonyl (C=O) groups is 1. The zero-order chi connectivity index (χ0) is 13.9. The third-order valence-electron chi connectivity index (χ3n) is 2.93. The number of H-pyrrole nitrogens is 1. The molecule has 0 bridgehead atoms. The lowest BCUT2D eigenvalue weighted by Gasteiger charge is -2.09. The number of aromatic amines is 1. The Labute approximate surface area is 114 Å². The fourth-order valence-corrected chi connectivity index (χ4v) is 2.01. The van der Waals surface area contributed by atoms with Gasteiger partial charge < -0.3 is 10.7 Å². The van der Waals surface area contributed by atoms with Crippen LogP contribution in [0.2, 0.25) is 0 Å². The number of aromatic nitrogens is 3. The van der Waals surface area contributed by atoms with Crippen LogP contribution in [0.3, 0.4) is 0 Å². The number of anilines is 2. The number of nitrogens with zero attached hydrogens (tertiary/aromatic N) is 2. The Morgan fingerprint density at radius 2 is 2.00 bits per heavy atom. The Balaban J connectivity index is 2.05. The number of nitrogens with one attached hydrogen (secondary N) is 3. The Bertz CT molecular complexity index is 753. The number of benzene rings is 1. The molecule has 7 heteroatoms. The number of carbonyl (C=O) groups excluding carboxylic acids is 1. The molecule has 0 aliphatic heterocycles. The fraction of sp³-hybridized carbons (Fsp3) is 0. The molecule has 0 atom stereocenters. The minimum absolute atomic E-state index is 0.251. The second kappa shape index (κ2) is 4.98. The third kappa shape index (κ3) is 2.06. The minimum atomic E-state index is -0.251. The van der Waals surface area contributed by atoms with Gasteiger partial charge in [-0.25, -0.2) is 10.8 Å². The summed E-state index contributed by atoms with van der Waals surface area (Å²) in [7, 11) is 0. The molecule has 2 heterocycles. The normalized spacial score (nSPS) is 10.4. The predicted octanol–water partition coefficient (Wildman–Crippen LogP) is 1.50. The van der Waals surface area contributed by atoms with E-state index in [9.17, 15) is 4.79 Å². The summed E-state index contributed by atoms with van der Waals surface area (Å²) in [5.41, 5.74) is 3.59. The first kappa shape index (κ1) is 12.1. The smallest absolute Gasteiger partial charge is 0.257 e. The summed E-state index contributed by atoms with van der Waals surface area (Å²) in [4.78, 5) is 16.4. The predicted molar refractivity (Wildman–Crippen MR) is 76.1 cm³/mol. The Hall–Kier alpha value is -2.93. The van der Waals surface area contributed by atoms with E-state index in [1.807, 2.05) is 24.3 Å². The van der Waals surface area contributed by atoms with Crippen molar-refractivity contribution in [3.05, 3.63) is 48.4 Å². The number of rotatable bonds is 3. The molecular weight excluding hydrogens is 256 g/mol. The molecule has 0 saturated heterocycles. The zero-order valence-corrected chi connectivity index (χ0v) is 10.4. The molecule has 3 aromatic rings. The van der Waals surface area contributed by atoms with Gasteiger partial charge in [0.05, 0.1) is 17.4 Å². The lowest BCUT2D eigenvalue weighted by molar-refractivity contribution is 0.102. The Morgan fingerprint density at radius 3 is 2.70 bits per heavy atom. The van der Waals surface area contributed by atoms with Crippen molar-refractivity contribution < 1.29 is 4.79 Å². The standard InChI is InChI=1S/C13H12N6O/c14-19-12-10-4-2-1-3-9(10)11(7-15-12)13(20)18-8-5-16-17-6-8/h1-7H,14H2,(H,15,19)(H,16,17)(H,18,20). The monoisotopic (exact) mass is 268 g/mol. The number of nitrogens with two attached hydrogens (primary N) is 1. The molecule has 2 aromatic heterocycles. The molecule has 0 spiro atoms. The van der Waals surface area contributed by atoms with Crippen LogP contribution in [-0.2, 0) is 0 Å². The van der Waals surface area contributed by atoms with E-state index in [-0.39, 0.29) is 5.91 Å². The molecule has 1 amide bonds. The number of fused-ring (bicyclic) bond motifs is 1. The molecule has 3 rings (SSSR count). The molecule has 1 aromatic carbocycles. The average molecular weight is 268 g/mol. The molecule has 5 N–H and O–H groups in total. The maximum absolute atomic E-state index is 12.3. The SMILES string of the molecule is NNc1ncc(C(=O)Nc2cn[nH]c2)c2ccccc12. The van der Waals surface area contributed by atoms with Gasteiger partial charge in [0.2, 0.25) is 0 Å². The van der Waals surface area contributed by atoms with E-state index in [2.05, 4.69) is 25.9 Å².